The molecule has 26 heavy (non-hydrogen) atoms. The first-order chi connectivity index (χ1) is 12.8. The van der Waals surface area contributed by atoms with Gasteiger partial charge in [0.25, 0.3) is 5.91 Å². The minimum absolute atomic E-state index is 0.0601. The molecule has 1 amide bonds. The summed E-state index contributed by atoms with van der Waals surface area (Å²) >= 11 is 0. The SMILES string of the molecule is O=C(c1ccco1)N1CCN(c2cnnc(NC3CCCCC3)n2)CC1. The third kappa shape index (κ3) is 3.79. The van der Waals surface area contributed by atoms with E-state index < -0.39 is 0 Å². The molecule has 0 bridgehead atoms. The van der Waals surface area contributed by atoms with Gasteiger partial charge in [-0.1, -0.05) is 19.3 Å². The van der Waals surface area contributed by atoms with Gasteiger partial charge >= 0.3 is 0 Å². The Labute approximate surface area is 152 Å². The smallest absolute Gasteiger partial charge is 0.289 e. The quantitative estimate of drug-likeness (QED) is 0.898. The Morgan fingerprint density at radius 3 is 2.69 bits per heavy atom. The summed E-state index contributed by atoms with van der Waals surface area (Å²) in [6.07, 6.45) is 9.39. The summed E-state index contributed by atoms with van der Waals surface area (Å²) in [5.41, 5.74) is 0. The van der Waals surface area contributed by atoms with Crippen LogP contribution in [-0.4, -0.2) is 58.2 Å². The van der Waals surface area contributed by atoms with Gasteiger partial charge in [-0.3, -0.25) is 4.79 Å². The monoisotopic (exact) mass is 356 g/mol. The molecule has 1 aliphatic heterocycles. The molecule has 0 aromatic carbocycles. The number of rotatable bonds is 4. The first-order valence-electron chi connectivity index (χ1n) is 9.33. The maximum absolute atomic E-state index is 12.3. The van der Waals surface area contributed by atoms with E-state index in [-0.39, 0.29) is 5.91 Å². The molecule has 0 unspecified atom stereocenters. The van der Waals surface area contributed by atoms with Crippen molar-refractivity contribution in [2.24, 2.45) is 0 Å². The van der Waals surface area contributed by atoms with E-state index in [9.17, 15) is 4.79 Å². The van der Waals surface area contributed by atoms with E-state index in [1.54, 1.807) is 18.3 Å². The summed E-state index contributed by atoms with van der Waals surface area (Å²) in [6.45, 7) is 2.70. The number of anilines is 2. The summed E-state index contributed by atoms with van der Waals surface area (Å²) < 4.78 is 5.20. The van der Waals surface area contributed by atoms with Crippen LogP contribution >= 0.6 is 0 Å². The zero-order chi connectivity index (χ0) is 17.8. The Morgan fingerprint density at radius 1 is 1.15 bits per heavy atom. The molecule has 1 aliphatic carbocycles. The summed E-state index contributed by atoms with van der Waals surface area (Å²) in [5, 5.41) is 11.7. The van der Waals surface area contributed by atoms with Crippen LogP contribution in [0.3, 0.4) is 0 Å². The molecular weight excluding hydrogens is 332 g/mol. The van der Waals surface area contributed by atoms with Gasteiger partial charge in [-0.15, -0.1) is 5.10 Å². The Kier molecular flexibility index (Phi) is 4.99. The fourth-order valence-electron chi connectivity index (χ4n) is 3.63. The number of carbonyl (C=O) groups is 1. The van der Waals surface area contributed by atoms with Crippen molar-refractivity contribution in [1.82, 2.24) is 20.1 Å². The zero-order valence-corrected chi connectivity index (χ0v) is 14.8. The largest absolute Gasteiger partial charge is 0.459 e. The third-order valence-corrected chi connectivity index (χ3v) is 5.11. The molecule has 1 saturated heterocycles. The van der Waals surface area contributed by atoms with E-state index in [4.69, 9.17) is 4.42 Å². The van der Waals surface area contributed by atoms with Crippen LogP contribution in [0.25, 0.3) is 0 Å². The van der Waals surface area contributed by atoms with E-state index in [2.05, 4.69) is 25.4 Å². The molecule has 138 valence electrons. The maximum atomic E-state index is 12.3. The predicted molar refractivity (Wildman–Crippen MR) is 97.1 cm³/mol. The van der Waals surface area contributed by atoms with Crippen LogP contribution in [0.2, 0.25) is 0 Å². The molecule has 2 aliphatic rings. The van der Waals surface area contributed by atoms with Crippen molar-refractivity contribution in [2.45, 2.75) is 38.1 Å². The lowest BCUT2D eigenvalue weighted by molar-refractivity contribution is 0.0714. The van der Waals surface area contributed by atoms with Gasteiger partial charge in [-0.25, -0.2) is 0 Å². The summed E-state index contributed by atoms with van der Waals surface area (Å²) in [6, 6.07) is 3.88. The maximum Gasteiger partial charge on any atom is 0.289 e. The standard InChI is InChI=1S/C18H24N6O2/c25-17(15-7-4-12-26-15)24-10-8-23(9-11-24)16-13-19-22-18(21-16)20-14-5-2-1-3-6-14/h4,7,12-14H,1-3,5-6,8-11H2,(H,20,21,22). The number of carbonyl (C=O) groups excluding carboxylic acids is 1. The first-order valence-corrected chi connectivity index (χ1v) is 9.33. The summed E-state index contributed by atoms with van der Waals surface area (Å²) in [5.74, 6) is 1.74. The predicted octanol–water partition coefficient (Wildman–Crippen LogP) is 2.17. The van der Waals surface area contributed by atoms with Gasteiger partial charge in [0.1, 0.15) is 0 Å². The number of hydrogen-bond acceptors (Lipinski definition) is 7. The number of furan rings is 1. The molecule has 3 heterocycles. The number of hydrogen-bond donors (Lipinski definition) is 1. The number of nitrogens with one attached hydrogen (secondary N) is 1. The average Bonchev–Trinajstić information content (AvgIpc) is 3.23. The molecule has 4 rings (SSSR count). The molecule has 1 N–H and O–H groups in total. The van der Waals surface area contributed by atoms with E-state index in [1.807, 2.05) is 4.90 Å². The fraction of sp³-hybridized carbons (Fsp3) is 0.556. The normalized spacial score (nSPS) is 18.8. The minimum Gasteiger partial charge on any atom is -0.459 e. The lowest BCUT2D eigenvalue weighted by Gasteiger charge is -2.34. The highest BCUT2D eigenvalue weighted by atomic mass is 16.3. The van der Waals surface area contributed by atoms with Crippen LogP contribution in [-0.2, 0) is 0 Å². The Morgan fingerprint density at radius 2 is 1.96 bits per heavy atom. The van der Waals surface area contributed by atoms with Crippen molar-refractivity contribution in [3.63, 3.8) is 0 Å². The van der Waals surface area contributed by atoms with Gasteiger partial charge in [0.15, 0.2) is 11.6 Å². The van der Waals surface area contributed by atoms with Crippen LogP contribution in [0.5, 0.6) is 0 Å². The van der Waals surface area contributed by atoms with Crippen molar-refractivity contribution in [2.75, 3.05) is 36.4 Å². The Bertz CT molecular complexity index is 721. The summed E-state index contributed by atoms with van der Waals surface area (Å²) in [4.78, 5) is 20.9. The van der Waals surface area contributed by atoms with Crippen LogP contribution < -0.4 is 10.2 Å². The summed E-state index contributed by atoms with van der Waals surface area (Å²) in [7, 11) is 0. The number of piperazine rings is 1. The highest BCUT2D eigenvalue weighted by Gasteiger charge is 2.25. The van der Waals surface area contributed by atoms with Crippen molar-refractivity contribution < 1.29 is 9.21 Å². The van der Waals surface area contributed by atoms with Crippen molar-refractivity contribution in [3.8, 4) is 0 Å². The lowest BCUT2D eigenvalue weighted by atomic mass is 9.96. The minimum atomic E-state index is -0.0601. The van der Waals surface area contributed by atoms with Crippen molar-refractivity contribution in [3.05, 3.63) is 30.4 Å². The molecule has 8 nitrogen and oxygen atoms in total. The molecule has 0 radical (unpaired) electrons. The second kappa shape index (κ2) is 7.72. The highest BCUT2D eigenvalue weighted by Crippen LogP contribution is 2.21. The van der Waals surface area contributed by atoms with E-state index in [1.165, 1.54) is 38.4 Å². The fourth-order valence-corrected chi connectivity index (χ4v) is 3.63. The van der Waals surface area contributed by atoms with Gasteiger partial charge in [0, 0.05) is 32.2 Å². The van der Waals surface area contributed by atoms with E-state index in [0.29, 0.717) is 43.9 Å². The second-order valence-electron chi connectivity index (χ2n) is 6.87. The number of amides is 1. The molecule has 1 saturated carbocycles. The zero-order valence-electron chi connectivity index (χ0n) is 14.8. The number of aromatic nitrogens is 3. The third-order valence-electron chi connectivity index (χ3n) is 5.11. The van der Waals surface area contributed by atoms with Crippen LogP contribution in [0, 0.1) is 0 Å². The van der Waals surface area contributed by atoms with Gasteiger partial charge in [0.2, 0.25) is 5.95 Å². The average molecular weight is 356 g/mol. The Hall–Kier alpha value is -2.64. The Balaban J connectivity index is 1.35. The van der Waals surface area contributed by atoms with Crippen LogP contribution in [0.15, 0.2) is 29.0 Å². The van der Waals surface area contributed by atoms with Crippen LogP contribution in [0.4, 0.5) is 11.8 Å². The van der Waals surface area contributed by atoms with Gasteiger partial charge < -0.3 is 19.5 Å². The second-order valence-corrected chi connectivity index (χ2v) is 6.87. The van der Waals surface area contributed by atoms with Crippen molar-refractivity contribution in [1.29, 1.82) is 0 Å². The van der Waals surface area contributed by atoms with E-state index >= 15 is 0 Å². The van der Waals surface area contributed by atoms with Gasteiger partial charge in [-0.05, 0) is 25.0 Å². The molecule has 0 spiro atoms. The molecule has 2 fully saturated rings. The van der Waals surface area contributed by atoms with Gasteiger partial charge in [0.05, 0.1) is 12.5 Å². The topological polar surface area (TPSA) is 87.4 Å². The molecule has 0 atom stereocenters. The highest BCUT2D eigenvalue weighted by molar-refractivity contribution is 5.91. The number of nitrogens with zero attached hydrogens (tertiary/aromatic N) is 5. The van der Waals surface area contributed by atoms with Crippen molar-refractivity contribution >= 4 is 17.7 Å². The molecule has 2 aromatic heterocycles. The van der Waals surface area contributed by atoms with Gasteiger partial charge in [-0.2, -0.15) is 10.1 Å². The van der Waals surface area contributed by atoms with Crippen LogP contribution in [0.1, 0.15) is 42.7 Å². The van der Waals surface area contributed by atoms with E-state index in [0.717, 1.165) is 5.82 Å². The molecule has 2 aromatic rings. The lowest BCUT2D eigenvalue weighted by Crippen LogP contribution is -2.49. The molecular formula is C18H24N6O2. The molecule has 8 heteroatoms. The first kappa shape index (κ1) is 16.8.